The molecule has 0 aromatic carbocycles. The smallest absolute Gasteiger partial charge is 0.0555 e. The van der Waals surface area contributed by atoms with E-state index in [9.17, 15) is 0 Å². The Morgan fingerprint density at radius 1 is 1.44 bits per heavy atom. The van der Waals surface area contributed by atoms with Crippen LogP contribution in [0.15, 0.2) is 0 Å². The fourth-order valence-corrected chi connectivity index (χ4v) is 0.707. The van der Waals surface area contributed by atoms with E-state index in [0.717, 1.165) is 19.0 Å². The van der Waals surface area contributed by atoms with Crippen LogP contribution in [0.3, 0.4) is 0 Å². The number of aliphatic hydroxyl groups excluding tert-OH is 1. The van der Waals surface area contributed by atoms with Crippen molar-refractivity contribution in [2.24, 2.45) is 5.92 Å². The van der Waals surface area contributed by atoms with E-state index in [4.69, 9.17) is 5.11 Å². The van der Waals surface area contributed by atoms with Gasteiger partial charge in [-0.25, -0.2) is 0 Å². The number of hydrogen-bond acceptors (Lipinski definition) is 2. The van der Waals surface area contributed by atoms with Gasteiger partial charge in [0.1, 0.15) is 0 Å². The summed E-state index contributed by atoms with van der Waals surface area (Å²) < 4.78 is 0. The van der Waals surface area contributed by atoms with Gasteiger partial charge in [-0.2, -0.15) is 0 Å². The number of halogens is 1. The Kier molecular flexibility index (Phi) is 5.15. The average Bonchev–Trinajstić information content (AvgIpc) is 2.51. The van der Waals surface area contributed by atoms with E-state index in [2.05, 4.69) is 5.32 Å². The lowest BCUT2D eigenvalue weighted by molar-refractivity contribution is 0.291. The molecule has 2 nitrogen and oxygen atoms in total. The molecule has 0 amide bonds. The molecule has 1 fully saturated rings. The largest absolute Gasteiger partial charge is 0.395 e. The number of rotatable bonds is 4. The molecule has 0 bridgehead atoms. The molecule has 0 heterocycles. The molecule has 9 heavy (non-hydrogen) atoms. The summed E-state index contributed by atoms with van der Waals surface area (Å²) in [6.07, 6.45) is 2.77. The van der Waals surface area contributed by atoms with E-state index in [1.165, 1.54) is 12.8 Å². The summed E-state index contributed by atoms with van der Waals surface area (Å²) in [5, 5.41) is 11.5. The van der Waals surface area contributed by atoms with Crippen molar-refractivity contribution in [2.45, 2.75) is 12.8 Å². The first-order valence-corrected chi connectivity index (χ1v) is 3.25. The van der Waals surface area contributed by atoms with Gasteiger partial charge in [-0.15, -0.1) is 12.4 Å². The van der Waals surface area contributed by atoms with Crippen molar-refractivity contribution in [1.82, 2.24) is 5.32 Å². The third-order valence-electron chi connectivity index (χ3n) is 1.42. The van der Waals surface area contributed by atoms with Gasteiger partial charge in [0.25, 0.3) is 0 Å². The quantitative estimate of drug-likeness (QED) is 0.571. The van der Waals surface area contributed by atoms with Crippen LogP contribution in [0.4, 0.5) is 0 Å². The summed E-state index contributed by atoms with van der Waals surface area (Å²) in [4.78, 5) is 0. The summed E-state index contributed by atoms with van der Waals surface area (Å²) >= 11 is 0. The second-order valence-electron chi connectivity index (χ2n) is 2.37. The molecule has 1 aliphatic rings. The molecule has 1 saturated carbocycles. The Balaban J connectivity index is 0.000000640. The molecule has 0 aromatic rings. The highest BCUT2D eigenvalue weighted by Crippen LogP contribution is 2.27. The lowest BCUT2D eigenvalue weighted by Gasteiger charge is -1.96. The second-order valence-corrected chi connectivity index (χ2v) is 2.37. The first kappa shape index (κ1) is 9.21. The maximum Gasteiger partial charge on any atom is 0.0555 e. The molecule has 1 aliphatic carbocycles. The molecule has 0 saturated heterocycles. The summed E-state index contributed by atoms with van der Waals surface area (Å²) in [6.45, 7) is 2.14. The molecule has 1 rings (SSSR count). The fourth-order valence-electron chi connectivity index (χ4n) is 0.707. The van der Waals surface area contributed by atoms with E-state index < -0.39 is 0 Å². The van der Waals surface area contributed by atoms with Crippen LogP contribution >= 0.6 is 12.4 Å². The lowest BCUT2D eigenvalue weighted by atomic mass is 10.4. The highest BCUT2D eigenvalue weighted by atomic mass is 35.5. The zero-order valence-corrected chi connectivity index (χ0v) is 6.28. The summed E-state index contributed by atoms with van der Waals surface area (Å²) in [5.74, 6) is 0.932. The van der Waals surface area contributed by atoms with Crippen molar-refractivity contribution < 1.29 is 5.11 Å². The summed E-state index contributed by atoms with van der Waals surface area (Å²) in [7, 11) is 0. The van der Waals surface area contributed by atoms with Gasteiger partial charge < -0.3 is 10.4 Å². The van der Waals surface area contributed by atoms with Gasteiger partial charge in [-0.1, -0.05) is 0 Å². The van der Waals surface area contributed by atoms with Crippen LogP contribution in [0.5, 0.6) is 0 Å². The van der Waals surface area contributed by atoms with Crippen molar-refractivity contribution in [3.8, 4) is 0 Å². The third kappa shape index (κ3) is 4.70. The van der Waals surface area contributed by atoms with Gasteiger partial charge >= 0.3 is 0 Å². The van der Waals surface area contributed by atoms with Crippen molar-refractivity contribution in [3.63, 3.8) is 0 Å². The van der Waals surface area contributed by atoms with Gasteiger partial charge in [0.05, 0.1) is 6.61 Å². The van der Waals surface area contributed by atoms with E-state index in [0.29, 0.717) is 0 Å². The minimum Gasteiger partial charge on any atom is -0.395 e. The van der Waals surface area contributed by atoms with Gasteiger partial charge in [-0.05, 0) is 25.3 Å². The highest BCUT2D eigenvalue weighted by Gasteiger charge is 2.19. The fraction of sp³-hybridized carbons (Fsp3) is 1.00. The first-order valence-electron chi connectivity index (χ1n) is 3.25. The molecular formula is C6H14ClNO. The van der Waals surface area contributed by atoms with Crippen LogP contribution in [-0.2, 0) is 0 Å². The predicted molar refractivity (Wildman–Crippen MR) is 39.9 cm³/mol. The second kappa shape index (κ2) is 5.03. The monoisotopic (exact) mass is 151 g/mol. The zero-order chi connectivity index (χ0) is 5.82. The molecule has 56 valence electrons. The Labute approximate surface area is 62.1 Å². The van der Waals surface area contributed by atoms with Crippen LogP contribution in [0.2, 0.25) is 0 Å². The SMILES string of the molecule is Cl.OCCNCC1CC1. The van der Waals surface area contributed by atoms with Crippen molar-refractivity contribution in [3.05, 3.63) is 0 Å². The molecule has 0 aliphatic heterocycles. The molecule has 2 N–H and O–H groups in total. The van der Waals surface area contributed by atoms with Crippen molar-refractivity contribution >= 4 is 12.4 Å². The van der Waals surface area contributed by atoms with Gasteiger partial charge in [0, 0.05) is 6.54 Å². The summed E-state index contributed by atoms with van der Waals surface area (Å²) in [5.41, 5.74) is 0. The molecule has 0 unspecified atom stereocenters. The van der Waals surface area contributed by atoms with E-state index >= 15 is 0 Å². The molecule has 0 radical (unpaired) electrons. The van der Waals surface area contributed by atoms with Crippen LogP contribution in [0.1, 0.15) is 12.8 Å². The Morgan fingerprint density at radius 2 is 2.11 bits per heavy atom. The number of aliphatic hydroxyl groups is 1. The molecule has 0 aromatic heterocycles. The van der Waals surface area contributed by atoms with Crippen molar-refractivity contribution in [2.75, 3.05) is 19.7 Å². The van der Waals surface area contributed by atoms with Gasteiger partial charge in [-0.3, -0.25) is 0 Å². The molecule has 0 spiro atoms. The highest BCUT2D eigenvalue weighted by molar-refractivity contribution is 5.85. The van der Waals surface area contributed by atoms with Gasteiger partial charge in [0.15, 0.2) is 0 Å². The zero-order valence-electron chi connectivity index (χ0n) is 5.47. The van der Waals surface area contributed by atoms with E-state index in [1.54, 1.807) is 0 Å². The van der Waals surface area contributed by atoms with E-state index in [1.807, 2.05) is 0 Å². The van der Waals surface area contributed by atoms with Crippen LogP contribution in [-0.4, -0.2) is 24.8 Å². The molecular weight excluding hydrogens is 138 g/mol. The third-order valence-corrected chi connectivity index (χ3v) is 1.42. The van der Waals surface area contributed by atoms with Crippen molar-refractivity contribution in [1.29, 1.82) is 0 Å². The molecule has 3 heteroatoms. The Bertz CT molecular complexity index is 66.1. The topological polar surface area (TPSA) is 32.3 Å². The lowest BCUT2D eigenvalue weighted by Crippen LogP contribution is -2.20. The molecule has 0 atom stereocenters. The van der Waals surface area contributed by atoms with Crippen LogP contribution in [0.25, 0.3) is 0 Å². The first-order chi connectivity index (χ1) is 3.93. The van der Waals surface area contributed by atoms with Gasteiger partial charge in [0.2, 0.25) is 0 Å². The van der Waals surface area contributed by atoms with E-state index in [-0.39, 0.29) is 19.0 Å². The predicted octanol–water partition coefficient (Wildman–Crippen LogP) is 0.400. The number of hydrogen-bond donors (Lipinski definition) is 2. The minimum absolute atomic E-state index is 0. The summed E-state index contributed by atoms with van der Waals surface area (Å²) in [6, 6.07) is 0. The minimum atomic E-state index is 0. The maximum atomic E-state index is 8.34. The Hall–Kier alpha value is 0.210. The Morgan fingerprint density at radius 3 is 2.56 bits per heavy atom. The number of nitrogens with one attached hydrogen (secondary N) is 1. The normalized spacial score (nSPS) is 17.0. The standard InChI is InChI=1S/C6H13NO.ClH/c8-4-3-7-5-6-1-2-6;/h6-8H,1-5H2;1H. The van der Waals surface area contributed by atoms with Crippen LogP contribution < -0.4 is 5.32 Å². The maximum absolute atomic E-state index is 8.34. The van der Waals surface area contributed by atoms with Crippen LogP contribution in [0, 0.1) is 5.92 Å². The average molecular weight is 152 g/mol.